The first kappa shape index (κ1) is 31.5. The van der Waals surface area contributed by atoms with E-state index in [1.54, 1.807) is 0 Å². The number of alkyl halides is 5. The van der Waals surface area contributed by atoms with Gasteiger partial charge in [0.25, 0.3) is 0 Å². The van der Waals surface area contributed by atoms with Crippen molar-refractivity contribution in [3.05, 3.63) is 0 Å². The summed E-state index contributed by atoms with van der Waals surface area (Å²) >= 11 is 0. The molecule has 1 rings (SSSR count). The third kappa shape index (κ3) is 12.1. The highest BCUT2D eigenvalue weighted by molar-refractivity contribution is 6.61. The number of unbranched alkanes of at least 4 members (excludes halogenated alkanes) is 10. The summed E-state index contributed by atoms with van der Waals surface area (Å²) in [6.45, 7) is 3.37. The predicted molar refractivity (Wildman–Crippen MR) is 116 cm³/mol. The average molecular weight is 483 g/mol. The summed E-state index contributed by atoms with van der Waals surface area (Å²) in [5.41, 5.74) is 0. The molecule has 0 amide bonds. The van der Waals surface area contributed by atoms with Gasteiger partial charge in [0.15, 0.2) is 0 Å². The number of halogens is 8. The molecule has 32 heavy (non-hydrogen) atoms. The zero-order valence-corrected chi connectivity index (χ0v) is 19.8. The molecule has 0 spiro atoms. The zero-order valence-electron chi connectivity index (χ0n) is 19.8. The van der Waals surface area contributed by atoms with Crippen molar-refractivity contribution in [3.63, 3.8) is 0 Å². The maximum absolute atomic E-state index is 11.2. The minimum absolute atomic E-state index is 1.37. The molecule has 0 N–H and O–H groups in total. The molecule has 1 aliphatic heterocycles. The molecule has 0 aromatic rings. The van der Waals surface area contributed by atoms with Crippen LogP contribution in [0.4, 0.5) is 34.9 Å². The summed E-state index contributed by atoms with van der Waals surface area (Å²) in [6.07, 6.45) is 13.9. The molecule has 1 fully saturated rings. The van der Waals surface area contributed by atoms with Crippen molar-refractivity contribution in [2.45, 2.75) is 116 Å². The van der Waals surface area contributed by atoms with Crippen LogP contribution in [0.5, 0.6) is 0 Å². The molecule has 1 aliphatic rings. The van der Waals surface area contributed by atoms with Crippen LogP contribution in [0.15, 0.2) is 0 Å². The third-order valence-electron chi connectivity index (χ3n) is 6.28. The number of nitrogens with zero attached hydrogens (tertiary/aromatic N) is 1. The first-order valence-electron chi connectivity index (χ1n) is 12.3. The van der Waals surface area contributed by atoms with Crippen molar-refractivity contribution >= 4 is 6.98 Å². The van der Waals surface area contributed by atoms with E-state index in [1.807, 2.05) is 0 Å². The van der Waals surface area contributed by atoms with Crippen LogP contribution < -0.4 is 0 Å². The van der Waals surface area contributed by atoms with Crippen molar-refractivity contribution in [1.82, 2.24) is 0 Å². The predicted octanol–water partition coefficient (Wildman–Crippen LogP) is 8.89. The molecule has 0 unspecified atom stereocenters. The second-order valence-electron chi connectivity index (χ2n) is 9.17. The Morgan fingerprint density at radius 1 is 0.594 bits per heavy atom. The highest BCUT2D eigenvalue weighted by Crippen LogP contribution is 2.44. The Balaban J connectivity index is 0.000000739. The van der Waals surface area contributed by atoms with Crippen LogP contribution in [0.2, 0.25) is 0 Å². The Morgan fingerprint density at radius 3 is 1.22 bits per heavy atom. The number of rotatable bonds is 15. The van der Waals surface area contributed by atoms with Crippen molar-refractivity contribution in [2.24, 2.45) is 0 Å². The molecule has 194 valence electrons. The van der Waals surface area contributed by atoms with Gasteiger partial charge in [0, 0.05) is 12.8 Å². The highest BCUT2D eigenvalue weighted by atomic mass is 19.4. The number of hydrogen-bond donors (Lipinski definition) is 0. The van der Waals surface area contributed by atoms with E-state index in [-0.39, 0.29) is 0 Å². The monoisotopic (exact) mass is 483 g/mol. The molecule has 10 heteroatoms. The van der Waals surface area contributed by atoms with Crippen LogP contribution in [0.3, 0.4) is 0 Å². The Morgan fingerprint density at radius 2 is 0.938 bits per heavy atom. The van der Waals surface area contributed by atoms with Crippen molar-refractivity contribution < 1.29 is 39.4 Å². The minimum Gasteiger partial charge on any atom is -0.445 e. The van der Waals surface area contributed by atoms with Gasteiger partial charge in [0.1, 0.15) is 0 Å². The van der Waals surface area contributed by atoms with Gasteiger partial charge in [0.05, 0.1) is 26.2 Å². The average Bonchev–Trinajstić information content (AvgIpc) is 3.15. The second-order valence-corrected chi connectivity index (χ2v) is 9.17. The summed E-state index contributed by atoms with van der Waals surface area (Å²) in [5, 5.41) is 0. The van der Waals surface area contributed by atoms with Crippen LogP contribution in [-0.4, -0.2) is 49.6 Å². The van der Waals surface area contributed by atoms with E-state index in [0.717, 1.165) is 0 Å². The zero-order chi connectivity index (χ0) is 24.7. The largest absolute Gasteiger partial charge is 0.558 e. The maximum atomic E-state index is 11.2. The van der Waals surface area contributed by atoms with Gasteiger partial charge in [-0.15, -0.1) is 0 Å². The van der Waals surface area contributed by atoms with Gasteiger partial charge in [-0.05, 0) is 25.7 Å². The molecule has 0 bridgehead atoms. The molecule has 0 radical (unpaired) electrons. The molecule has 0 aliphatic carbocycles. The number of quaternary nitrogens is 1. The Bertz CT molecular complexity index is 426. The summed E-state index contributed by atoms with van der Waals surface area (Å²) < 4.78 is 89.3. The van der Waals surface area contributed by atoms with Crippen molar-refractivity contribution in [1.29, 1.82) is 0 Å². The summed E-state index contributed by atoms with van der Waals surface area (Å²) in [6, 6.07) is 0. The first-order valence-corrected chi connectivity index (χ1v) is 12.3. The SMILES string of the molecule is CCCCCCCC[N+]1(CCCCCCCC)CCCC1.F[B-](F)(F)C(F)(F)C(F)(F)F. The van der Waals surface area contributed by atoms with Gasteiger partial charge in [-0.1, -0.05) is 65.2 Å². The van der Waals surface area contributed by atoms with Crippen LogP contribution in [0, 0.1) is 0 Å². The van der Waals surface area contributed by atoms with Gasteiger partial charge in [0.2, 0.25) is 0 Å². The lowest BCUT2D eigenvalue weighted by atomic mass is 9.80. The van der Waals surface area contributed by atoms with Gasteiger partial charge in [-0.25, -0.2) is 8.78 Å². The Labute approximate surface area is 189 Å². The van der Waals surface area contributed by atoms with Gasteiger partial charge in [-0.2, -0.15) is 13.2 Å². The lowest BCUT2D eigenvalue weighted by Crippen LogP contribution is -2.53. The third-order valence-corrected chi connectivity index (χ3v) is 6.28. The second kappa shape index (κ2) is 15.4. The normalized spacial score (nSPS) is 16.7. The Hall–Kier alpha value is -0.535. The standard InChI is InChI=1S/C20H42N.C2BF8/c1-3-5-7-9-11-13-17-21(19-15-16-20-21)18-14-12-10-8-6-4-2;4-1(5,2(6,7)8)3(9,10)11/h3-20H2,1-2H3;/q+1;-1. The van der Waals surface area contributed by atoms with Crippen molar-refractivity contribution in [2.75, 3.05) is 26.2 Å². The minimum atomic E-state index is -7.21. The molecule has 0 saturated carbocycles. The lowest BCUT2D eigenvalue weighted by Gasteiger charge is -2.34. The molecular formula is C22H42BF8N. The first-order chi connectivity index (χ1) is 14.8. The molecular weight excluding hydrogens is 441 g/mol. The van der Waals surface area contributed by atoms with E-state index in [2.05, 4.69) is 13.8 Å². The van der Waals surface area contributed by atoms with Crippen LogP contribution in [0.25, 0.3) is 0 Å². The van der Waals surface area contributed by atoms with E-state index in [0.29, 0.717) is 0 Å². The van der Waals surface area contributed by atoms with E-state index in [1.165, 1.54) is 121 Å². The van der Waals surface area contributed by atoms with E-state index >= 15 is 0 Å². The maximum Gasteiger partial charge on any atom is 0.558 e. The smallest absolute Gasteiger partial charge is 0.445 e. The van der Waals surface area contributed by atoms with Gasteiger partial charge >= 0.3 is 19.0 Å². The van der Waals surface area contributed by atoms with E-state index in [4.69, 9.17) is 0 Å². The van der Waals surface area contributed by atoms with Crippen LogP contribution in [-0.2, 0) is 0 Å². The van der Waals surface area contributed by atoms with Gasteiger partial charge < -0.3 is 17.4 Å². The fourth-order valence-electron chi connectivity index (χ4n) is 4.21. The number of hydrogen-bond acceptors (Lipinski definition) is 0. The molecule has 0 aromatic heterocycles. The molecule has 1 saturated heterocycles. The topological polar surface area (TPSA) is 0 Å². The molecule has 0 aromatic carbocycles. The summed E-state index contributed by atoms with van der Waals surface area (Å²) in [4.78, 5) is 0. The van der Waals surface area contributed by atoms with Crippen LogP contribution in [0.1, 0.15) is 104 Å². The number of likely N-dealkylation sites (tertiary alicyclic amines) is 1. The van der Waals surface area contributed by atoms with E-state index < -0.39 is 19.0 Å². The fraction of sp³-hybridized carbons (Fsp3) is 1.00. The van der Waals surface area contributed by atoms with Crippen molar-refractivity contribution in [3.8, 4) is 0 Å². The highest BCUT2D eigenvalue weighted by Gasteiger charge is 2.69. The van der Waals surface area contributed by atoms with Crippen LogP contribution >= 0.6 is 0 Å². The quantitative estimate of drug-likeness (QED) is 0.0945. The Kier molecular flexibility index (Phi) is 15.1. The fourth-order valence-corrected chi connectivity index (χ4v) is 4.21. The van der Waals surface area contributed by atoms with E-state index in [9.17, 15) is 34.9 Å². The molecule has 1 heterocycles. The summed E-state index contributed by atoms with van der Waals surface area (Å²) in [7, 11) is 0. The van der Waals surface area contributed by atoms with Gasteiger partial charge in [-0.3, -0.25) is 0 Å². The molecule has 1 nitrogen and oxygen atoms in total. The summed E-state index contributed by atoms with van der Waals surface area (Å²) in [5.74, 6) is -6.56. The molecule has 0 atom stereocenters. The lowest BCUT2D eigenvalue weighted by molar-refractivity contribution is -0.917.